The summed E-state index contributed by atoms with van der Waals surface area (Å²) in [6.07, 6.45) is 3.45. The molecule has 1 aromatic rings. The molecule has 2 atom stereocenters. The van der Waals surface area contributed by atoms with Crippen molar-refractivity contribution in [2.45, 2.75) is 24.2 Å². The summed E-state index contributed by atoms with van der Waals surface area (Å²) in [5, 5.41) is 0. The highest BCUT2D eigenvalue weighted by Crippen LogP contribution is 2.38. The molecule has 1 amide bonds. The van der Waals surface area contributed by atoms with Gasteiger partial charge < -0.3 is 4.90 Å². The second kappa shape index (κ2) is 5.25. The van der Waals surface area contributed by atoms with Crippen molar-refractivity contribution in [3.8, 4) is 0 Å². The van der Waals surface area contributed by atoms with Crippen LogP contribution in [0.4, 0.5) is 4.39 Å². The molecular weight excluding hydrogens is 317 g/mol. The second-order valence-electron chi connectivity index (χ2n) is 5.74. The first-order valence-corrected chi connectivity index (χ1v) is 9.20. The van der Waals surface area contributed by atoms with Crippen molar-refractivity contribution in [3.05, 3.63) is 29.6 Å². The number of carbonyl (C=O) groups is 1. The third-order valence-corrected chi connectivity index (χ3v) is 5.82. The van der Waals surface area contributed by atoms with Crippen LogP contribution in [0.1, 0.15) is 29.6 Å². The summed E-state index contributed by atoms with van der Waals surface area (Å²) < 4.78 is 36.3. The summed E-state index contributed by atoms with van der Waals surface area (Å²) in [4.78, 5) is 13.7. The molecule has 0 bridgehead atoms. The van der Waals surface area contributed by atoms with Gasteiger partial charge in [0, 0.05) is 23.8 Å². The normalized spacial score (nSPS) is 25.1. The third-order valence-electron chi connectivity index (χ3n) is 4.47. The van der Waals surface area contributed by atoms with Gasteiger partial charge in [-0.05, 0) is 42.9 Å². The highest BCUT2D eigenvalue weighted by atomic mass is 35.7. The van der Waals surface area contributed by atoms with Gasteiger partial charge in [0.1, 0.15) is 5.82 Å². The fourth-order valence-electron chi connectivity index (χ4n) is 3.39. The van der Waals surface area contributed by atoms with Crippen LogP contribution in [-0.2, 0) is 9.05 Å². The van der Waals surface area contributed by atoms with Crippen LogP contribution in [0.5, 0.6) is 0 Å². The molecule has 1 heterocycles. The zero-order valence-electron chi connectivity index (χ0n) is 11.3. The summed E-state index contributed by atoms with van der Waals surface area (Å²) in [5.41, 5.74) is -0.0981. The molecule has 1 saturated carbocycles. The van der Waals surface area contributed by atoms with Gasteiger partial charge in [-0.25, -0.2) is 12.8 Å². The molecule has 7 heteroatoms. The Labute approximate surface area is 127 Å². The highest BCUT2D eigenvalue weighted by Gasteiger charge is 2.38. The fourth-order valence-corrected chi connectivity index (χ4v) is 4.15. The van der Waals surface area contributed by atoms with Crippen LogP contribution < -0.4 is 0 Å². The van der Waals surface area contributed by atoms with Crippen LogP contribution in [0.2, 0.25) is 0 Å². The zero-order valence-corrected chi connectivity index (χ0v) is 12.8. The molecule has 1 aliphatic heterocycles. The number of carbonyl (C=O) groups excluding carboxylic acids is 1. The standard InChI is InChI=1S/C14H15ClFNO3S/c15-21(19,20)11-4-5-12(13(16)6-11)14(18)17-7-9-2-1-3-10(9)8-17/h4-6,9-10H,1-3,7-8H2. The van der Waals surface area contributed by atoms with Crippen LogP contribution in [-0.4, -0.2) is 32.3 Å². The van der Waals surface area contributed by atoms with Crippen LogP contribution in [0, 0.1) is 17.7 Å². The molecule has 0 spiro atoms. The molecular formula is C14H15ClFNO3S. The lowest BCUT2D eigenvalue weighted by Crippen LogP contribution is -2.30. The van der Waals surface area contributed by atoms with Crippen LogP contribution in [0.3, 0.4) is 0 Å². The predicted octanol–water partition coefficient (Wildman–Crippen LogP) is 2.63. The van der Waals surface area contributed by atoms with E-state index in [1.807, 2.05) is 0 Å². The van der Waals surface area contributed by atoms with Gasteiger partial charge >= 0.3 is 0 Å². The monoisotopic (exact) mass is 331 g/mol. The minimum absolute atomic E-state index is 0.0981. The van der Waals surface area contributed by atoms with Gasteiger partial charge in [-0.15, -0.1) is 0 Å². The average molecular weight is 332 g/mol. The van der Waals surface area contributed by atoms with Gasteiger partial charge in [0.05, 0.1) is 10.5 Å². The molecule has 2 aliphatic rings. The summed E-state index contributed by atoms with van der Waals surface area (Å²) in [6, 6.07) is 3.16. The Balaban J connectivity index is 1.82. The lowest BCUT2D eigenvalue weighted by atomic mass is 10.0. The van der Waals surface area contributed by atoms with Gasteiger partial charge in [-0.3, -0.25) is 4.79 Å². The molecule has 4 nitrogen and oxygen atoms in total. The lowest BCUT2D eigenvalue weighted by Gasteiger charge is -2.17. The number of fused-ring (bicyclic) bond motifs is 1. The minimum atomic E-state index is -3.99. The van der Waals surface area contributed by atoms with Crippen LogP contribution in [0.15, 0.2) is 23.1 Å². The van der Waals surface area contributed by atoms with Gasteiger partial charge in [-0.1, -0.05) is 6.42 Å². The lowest BCUT2D eigenvalue weighted by molar-refractivity contribution is 0.0776. The van der Waals surface area contributed by atoms with Crippen LogP contribution >= 0.6 is 10.7 Å². The van der Waals surface area contributed by atoms with E-state index < -0.39 is 14.9 Å². The predicted molar refractivity (Wildman–Crippen MR) is 76.2 cm³/mol. The number of amides is 1. The largest absolute Gasteiger partial charge is 0.338 e. The minimum Gasteiger partial charge on any atom is -0.338 e. The number of hydrogen-bond donors (Lipinski definition) is 0. The summed E-state index contributed by atoms with van der Waals surface area (Å²) >= 11 is 0. The molecule has 0 aromatic heterocycles. The Morgan fingerprint density at radius 1 is 1.24 bits per heavy atom. The Morgan fingerprint density at radius 2 is 1.86 bits per heavy atom. The smallest absolute Gasteiger partial charge is 0.261 e. The fraction of sp³-hybridized carbons (Fsp3) is 0.500. The van der Waals surface area contributed by atoms with E-state index in [0.717, 1.165) is 25.0 Å². The summed E-state index contributed by atoms with van der Waals surface area (Å²) in [6.45, 7) is 1.33. The molecule has 1 saturated heterocycles. The molecule has 2 fully saturated rings. The van der Waals surface area contributed by atoms with Crippen molar-refractivity contribution in [1.82, 2.24) is 4.90 Å². The topological polar surface area (TPSA) is 54.5 Å². The van der Waals surface area contributed by atoms with E-state index >= 15 is 0 Å². The van der Waals surface area contributed by atoms with Crippen molar-refractivity contribution in [2.24, 2.45) is 11.8 Å². The van der Waals surface area contributed by atoms with E-state index in [4.69, 9.17) is 10.7 Å². The number of nitrogens with zero attached hydrogens (tertiary/aromatic N) is 1. The molecule has 2 unspecified atom stereocenters. The molecule has 1 aliphatic carbocycles. The van der Waals surface area contributed by atoms with Gasteiger partial charge in [0.15, 0.2) is 0 Å². The van der Waals surface area contributed by atoms with E-state index in [1.54, 1.807) is 4.90 Å². The van der Waals surface area contributed by atoms with E-state index in [2.05, 4.69) is 0 Å². The van der Waals surface area contributed by atoms with Crippen molar-refractivity contribution < 1.29 is 17.6 Å². The zero-order chi connectivity index (χ0) is 15.2. The Bertz CT molecular complexity index is 679. The molecule has 0 N–H and O–H groups in total. The van der Waals surface area contributed by atoms with Crippen molar-refractivity contribution >= 4 is 25.6 Å². The number of likely N-dealkylation sites (tertiary alicyclic amines) is 1. The van der Waals surface area contributed by atoms with Crippen molar-refractivity contribution in [3.63, 3.8) is 0 Å². The SMILES string of the molecule is O=C(c1ccc(S(=O)(=O)Cl)cc1F)N1CC2CCCC2C1. The first-order chi connectivity index (χ1) is 9.86. The summed E-state index contributed by atoms with van der Waals surface area (Å²) in [7, 11) is 1.17. The molecule has 3 rings (SSSR count). The van der Waals surface area contributed by atoms with E-state index in [-0.39, 0.29) is 16.4 Å². The third kappa shape index (κ3) is 2.79. The van der Waals surface area contributed by atoms with E-state index in [0.29, 0.717) is 24.9 Å². The van der Waals surface area contributed by atoms with Gasteiger partial charge in [0.25, 0.3) is 15.0 Å². The maximum atomic E-state index is 14.0. The number of halogens is 2. The number of hydrogen-bond acceptors (Lipinski definition) is 3. The van der Waals surface area contributed by atoms with Crippen molar-refractivity contribution in [1.29, 1.82) is 0 Å². The van der Waals surface area contributed by atoms with Crippen LogP contribution in [0.25, 0.3) is 0 Å². The maximum Gasteiger partial charge on any atom is 0.261 e. The first kappa shape index (κ1) is 14.8. The van der Waals surface area contributed by atoms with Gasteiger partial charge in [-0.2, -0.15) is 0 Å². The second-order valence-corrected chi connectivity index (χ2v) is 8.31. The Hall–Kier alpha value is -1.14. The van der Waals surface area contributed by atoms with E-state index in [9.17, 15) is 17.6 Å². The van der Waals surface area contributed by atoms with Crippen molar-refractivity contribution in [2.75, 3.05) is 13.1 Å². The number of rotatable bonds is 2. The first-order valence-electron chi connectivity index (χ1n) is 6.90. The summed E-state index contributed by atoms with van der Waals surface area (Å²) in [5.74, 6) is -0.168. The molecule has 21 heavy (non-hydrogen) atoms. The highest BCUT2D eigenvalue weighted by molar-refractivity contribution is 8.13. The van der Waals surface area contributed by atoms with Gasteiger partial charge in [0.2, 0.25) is 0 Å². The Kier molecular flexibility index (Phi) is 3.69. The molecule has 114 valence electrons. The molecule has 0 radical (unpaired) electrons. The molecule has 1 aromatic carbocycles. The number of benzene rings is 1. The Morgan fingerprint density at radius 3 is 2.38 bits per heavy atom. The average Bonchev–Trinajstić information content (AvgIpc) is 2.97. The van der Waals surface area contributed by atoms with E-state index in [1.165, 1.54) is 12.5 Å². The maximum absolute atomic E-state index is 14.0. The quantitative estimate of drug-likeness (QED) is 0.783.